The van der Waals surface area contributed by atoms with Crippen molar-refractivity contribution in [2.45, 2.75) is 52.9 Å². The van der Waals surface area contributed by atoms with Crippen LogP contribution in [0.3, 0.4) is 0 Å². The Hall–Kier alpha value is -1.36. The molecular formula is C16H26N4S. The Labute approximate surface area is 131 Å². The molecule has 21 heavy (non-hydrogen) atoms. The van der Waals surface area contributed by atoms with Gasteiger partial charge in [0.1, 0.15) is 10.6 Å². The molecule has 0 saturated carbocycles. The number of anilines is 2. The predicted molar refractivity (Wildman–Crippen MR) is 93.0 cm³/mol. The van der Waals surface area contributed by atoms with Crippen molar-refractivity contribution in [2.75, 3.05) is 17.6 Å². The third kappa shape index (κ3) is 4.84. The van der Waals surface area contributed by atoms with Gasteiger partial charge in [0.2, 0.25) is 5.95 Å². The van der Waals surface area contributed by atoms with Crippen LogP contribution in [0.2, 0.25) is 0 Å². The SMILES string of the molecule is Cc1cc2c(NCCCCCCC(C)C)nc(N)nc2s1. The van der Waals surface area contributed by atoms with Gasteiger partial charge in [0.05, 0.1) is 5.39 Å². The van der Waals surface area contributed by atoms with Crippen LogP contribution >= 0.6 is 11.3 Å². The summed E-state index contributed by atoms with van der Waals surface area (Å²) in [5.74, 6) is 2.05. The molecule has 0 unspecified atom stereocenters. The lowest BCUT2D eigenvalue weighted by molar-refractivity contribution is 0.523. The molecule has 0 spiro atoms. The number of nitrogens with one attached hydrogen (secondary N) is 1. The van der Waals surface area contributed by atoms with Crippen molar-refractivity contribution in [2.24, 2.45) is 5.92 Å². The van der Waals surface area contributed by atoms with Gasteiger partial charge in [0.15, 0.2) is 0 Å². The highest BCUT2D eigenvalue weighted by Gasteiger charge is 2.08. The molecule has 2 heterocycles. The van der Waals surface area contributed by atoms with Gasteiger partial charge in [-0.25, -0.2) is 4.98 Å². The van der Waals surface area contributed by atoms with Gasteiger partial charge in [0, 0.05) is 11.4 Å². The lowest BCUT2D eigenvalue weighted by Crippen LogP contribution is -2.06. The maximum atomic E-state index is 5.78. The molecule has 0 aliphatic rings. The van der Waals surface area contributed by atoms with Gasteiger partial charge in [-0.2, -0.15) is 4.98 Å². The summed E-state index contributed by atoms with van der Waals surface area (Å²) in [6, 6.07) is 2.13. The maximum Gasteiger partial charge on any atom is 0.223 e. The van der Waals surface area contributed by atoms with E-state index in [0.717, 1.165) is 28.5 Å². The third-order valence-corrected chi connectivity index (χ3v) is 4.48. The van der Waals surface area contributed by atoms with Gasteiger partial charge >= 0.3 is 0 Å². The summed E-state index contributed by atoms with van der Waals surface area (Å²) in [6.07, 6.45) is 6.44. The van der Waals surface area contributed by atoms with E-state index in [-0.39, 0.29) is 0 Å². The average Bonchev–Trinajstić information content (AvgIpc) is 2.77. The monoisotopic (exact) mass is 306 g/mol. The summed E-state index contributed by atoms with van der Waals surface area (Å²) in [5.41, 5.74) is 5.78. The smallest absolute Gasteiger partial charge is 0.223 e. The molecule has 2 rings (SSSR count). The second-order valence-corrected chi connectivity index (χ2v) is 7.26. The van der Waals surface area contributed by atoms with E-state index >= 15 is 0 Å². The van der Waals surface area contributed by atoms with Crippen LogP contribution in [-0.4, -0.2) is 16.5 Å². The molecule has 0 aromatic carbocycles. The first-order valence-corrected chi connectivity index (χ1v) is 8.65. The fourth-order valence-electron chi connectivity index (χ4n) is 2.43. The normalized spacial score (nSPS) is 11.4. The van der Waals surface area contributed by atoms with Gasteiger partial charge in [-0.05, 0) is 25.3 Å². The Morgan fingerprint density at radius 1 is 1.19 bits per heavy atom. The number of nitrogens with two attached hydrogens (primary N) is 1. The van der Waals surface area contributed by atoms with E-state index in [1.807, 2.05) is 0 Å². The minimum absolute atomic E-state index is 0.351. The molecule has 5 heteroatoms. The Kier molecular flexibility index (Phi) is 5.79. The van der Waals surface area contributed by atoms with Crippen molar-refractivity contribution in [1.82, 2.24) is 9.97 Å². The van der Waals surface area contributed by atoms with Crippen molar-refractivity contribution in [3.63, 3.8) is 0 Å². The van der Waals surface area contributed by atoms with Crippen LogP contribution < -0.4 is 11.1 Å². The second kappa shape index (κ2) is 7.59. The minimum Gasteiger partial charge on any atom is -0.369 e. The lowest BCUT2D eigenvalue weighted by Gasteiger charge is -2.08. The zero-order valence-corrected chi connectivity index (χ0v) is 14.1. The van der Waals surface area contributed by atoms with E-state index in [1.165, 1.54) is 37.0 Å². The highest BCUT2D eigenvalue weighted by atomic mass is 32.1. The highest BCUT2D eigenvalue weighted by Crippen LogP contribution is 2.28. The standard InChI is InChI=1S/C16H26N4S/c1-11(2)8-6-4-5-7-9-18-14-13-10-12(3)21-15(13)20-16(17)19-14/h10-11H,4-9H2,1-3H3,(H3,17,18,19,20). The maximum absolute atomic E-state index is 5.78. The van der Waals surface area contributed by atoms with Crippen LogP contribution in [0, 0.1) is 12.8 Å². The number of hydrogen-bond donors (Lipinski definition) is 2. The number of nitrogen functional groups attached to an aromatic ring is 1. The van der Waals surface area contributed by atoms with Crippen LogP contribution in [0.1, 0.15) is 50.8 Å². The van der Waals surface area contributed by atoms with Crippen molar-refractivity contribution in [3.05, 3.63) is 10.9 Å². The number of thiophene rings is 1. The van der Waals surface area contributed by atoms with Gasteiger partial charge < -0.3 is 11.1 Å². The van der Waals surface area contributed by atoms with Crippen molar-refractivity contribution in [3.8, 4) is 0 Å². The Morgan fingerprint density at radius 3 is 2.71 bits per heavy atom. The topological polar surface area (TPSA) is 63.8 Å². The van der Waals surface area contributed by atoms with E-state index in [0.29, 0.717) is 5.95 Å². The minimum atomic E-state index is 0.351. The first kappa shape index (κ1) is 16.0. The quantitative estimate of drug-likeness (QED) is 0.700. The number of aryl methyl sites for hydroxylation is 1. The van der Waals surface area contributed by atoms with Crippen LogP contribution in [0.15, 0.2) is 6.07 Å². The Bertz CT molecular complexity index is 577. The molecule has 0 aliphatic heterocycles. The number of nitrogens with zero attached hydrogens (tertiary/aromatic N) is 2. The number of fused-ring (bicyclic) bond motifs is 1. The summed E-state index contributed by atoms with van der Waals surface area (Å²) in [4.78, 5) is 10.8. The fourth-order valence-corrected chi connectivity index (χ4v) is 3.32. The molecule has 0 atom stereocenters. The van der Waals surface area contributed by atoms with E-state index in [9.17, 15) is 0 Å². The molecule has 116 valence electrons. The third-order valence-electron chi connectivity index (χ3n) is 3.53. The van der Waals surface area contributed by atoms with Crippen LogP contribution in [-0.2, 0) is 0 Å². The van der Waals surface area contributed by atoms with Gasteiger partial charge in [-0.1, -0.05) is 39.5 Å². The van der Waals surface area contributed by atoms with Gasteiger partial charge in [-0.15, -0.1) is 11.3 Å². The van der Waals surface area contributed by atoms with Gasteiger partial charge in [-0.3, -0.25) is 0 Å². The number of rotatable bonds is 8. The van der Waals surface area contributed by atoms with Crippen molar-refractivity contribution in [1.29, 1.82) is 0 Å². The van der Waals surface area contributed by atoms with Crippen LogP contribution in [0.25, 0.3) is 10.2 Å². The summed E-state index contributed by atoms with van der Waals surface area (Å²) in [5, 5.41) is 4.51. The highest BCUT2D eigenvalue weighted by molar-refractivity contribution is 7.18. The molecule has 2 aromatic rings. The Morgan fingerprint density at radius 2 is 1.95 bits per heavy atom. The molecule has 3 N–H and O–H groups in total. The van der Waals surface area contributed by atoms with Crippen LogP contribution in [0.4, 0.5) is 11.8 Å². The van der Waals surface area contributed by atoms with E-state index in [4.69, 9.17) is 5.73 Å². The van der Waals surface area contributed by atoms with Crippen LogP contribution in [0.5, 0.6) is 0 Å². The molecule has 0 amide bonds. The molecule has 2 aromatic heterocycles. The molecule has 0 fully saturated rings. The molecule has 0 radical (unpaired) electrons. The number of hydrogen-bond acceptors (Lipinski definition) is 5. The summed E-state index contributed by atoms with van der Waals surface area (Å²) in [6.45, 7) is 7.60. The number of unbranched alkanes of at least 4 members (excludes halogenated alkanes) is 3. The van der Waals surface area contributed by atoms with Gasteiger partial charge in [0.25, 0.3) is 0 Å². The van der Waals surface area contributed by atoms with Crippen molar-refractivity contribution >= 4 is 33.3 Å². The lowest BCUT2D eigenvalue weighted by atomic mass is 10.0. The number of aromatic nitrogens is 2. The fraction of sp³-hybridized carbons (Fsp3) is 0.625. The summed E-state index contributed by atoms with van der Waals surface area (Å²) in [7, 11) is 0. The average molecular weight is 306 g/mol. The first-order valence-electron chi connectivity index (χ1n) is 7.84. The Balaban J connectivity index is 1.81. The van der Waals surface area contributed by atoms with E-state index < -0.39 is 0 Å². The second-order valence-electron chi connectivity index (χ2n) is 6.03. The molecule has 0 bridgehead atoms. The summed E-state index contributed by atoms with van der Waals surface area (Å²) < 4.78 is 0. The van der Waals surface area contributed by atoms with E-state index in [1.54, 1.807) is 11.3 Å². The zero-order chi connectivity index (χ0) is 15.2. The molecule has 4 nitrogen and oxygen atoms in total. The van der Waals surface area contributed by atoms with E-state index in [2.05, 4.69) is 42.1 Å². The summed E-state index contributed by atoms with van der Waals surface area (Å²) >= 11 is 1.66. The first-order chi connectivity index (χ1) is 10.1. The molecular weight excluding hydrogens is 280 g/mol. The molecule has 0 aliphatic carbocycles. The van der Waals surface area contributed by atoms with Crippen molar-refractivity contribution < 1.29 is 0 Å². The predicted octanol–water partition coefficient (Wildman–Crippen LogP) is 4.60. The molecule has 0 saturated heterocycles. The largest absolute Gasteiger partial charge is 0.369 e. The zero-order valence-electron chi connectivity index (χ0n) is 13.3.